The fourth-order valence-corrected chi connectivity index (χ4v) is 5.87. The molecule has 1 heterocycles. The van der Waals surface area contributed by atoms with Gasteiger partial charge in [-0.15, -0.1) is 10.2 Å². The molecule has 0 amide bonds. The minimum absolute atomic E-state index is 0.0163. The zero-order valence-electron chi connectivity index (χ0n) is 22.9. The van der Waals surface area contributed by atoms with Crippen molar-refractivity contribution in [1.82, 2.24) is 15.0 Å². The van der Waals surface area contributed by atoms with Gasteiger partial charge < -0.3 is 20.8 Å². The van der Waals surface area contributed by atoms with Gasteiger partial charge in [0, 0.05) is 16.8 Å². The van der Waals surface area contributed by atoms with Crippen LogP contribution in [-0.4, -0.2) is 64.1 Å². The smallest absolute Gasteiger partial charge is 0.296 e. The Kier molecular flexibility index (Phi) is 8.72. The third kappa shape index (κ3) is 7.69. The Hall–Kier alpha value is -5.03. The number of hydrogen-bond acceptors (Lipinski definition) is 15. The highest BCUT2D eigenvalue weighted by Crippen LogP contribution is 2.43. The first-order valence-corrected chi connectivity index (χ1v) is 17.1. The minimum atomic E-state index is -5.06. The van der Waals surface area contributed by atoms with Crippen LogP contribution in [0.25, 0.3) is 10.8 Å². The van der Waals surface area contributed by atoms with Crippen LogP contribution < -0.4 is 10.6 Å². The summed E-state index contributed by atoms with van der Waals surface area (Å²) in [6.07, 6.45) is 0. The summed E-state index contributed by atoms with van der Waals surface area (Å²) in [6, 6.07) is 12.7. The number of aromatic nitrogens is 3. The number of aromatic hydroxyl groups is 2. The molecule has 0 saturated carbocycles. The largest absolute Gasteiger partial charge is 0.506 e. The number of benzene rings is 4. The van der Waals surface area contributed by atoms with Crippen LogP contribution in [0.3, 0.4) is 0 Å². The van der Waals surface area contributed by atoms with Crippen molar-refractivity contribution in [2.45, 2.75) is 14.7 Å². The van der Waals surface area contributed by atoms with Gasteiger partial charge in [-0.2, -0.15) is 40.2 Å². The molecule has 1 aromatic heterocycles. The summed E-state index contributed by atoms with van der Waals surface area (Å²) in [4.78, 5) is 10.0. The zero-order chi connectivity index (χ0) is 34.3. The van der Waals surface area contributed by atoms with Gasteiger partial charge in [0.05, 0.1) is 9.79 Å². The molecule has 18 nitrogen and oxygen atoms in total. The van der Waals surface area contributed by atoms with Crippen molar-refractivity contribution < 1.29 is 49.1 Å². The number of phenols is 2. The van der Waals surface area contributed by atoms with E-state index in [1.165, 1.54) is 36.4 Å². The lowest BCUT2D eigenvalue weighted by atomic mass is 10.1. The van der Waals surface area contributed by atoms with E-state index in [1.54, 1.807) is 0 Å². The second-order valence-electron chi connectivity index (χ2n) is 9.31. The maximum atomic E-state index is 12.3. The predicted octanol–water partition coefficient (Wildman–Crippen LogP) is 4.73. The lowest BCUT2D eigenvalue weighted by molar-refractivity contribution is 0.471. The fraction of sp³-hybridized carbons (Fsp3) is 0. The average molecular weight is 724 g/mol. The van der Waals surface area contributed by atoms with Crippen molar-refractivity contribution in [3.8, 4) is 11.5 Å². The standard InChI is InChI=1S/C25H18ClN7O11S3/c26-23-29-24(27-13-2-1-3-15(10-13)45(36,37)38)31-25(30-23)28-14-4-6-17-12(8-14)9-20(47(42,43)44)21(22(17)35)33-32-18-11-16(46(39,40)41)5-7-19(18)34/h1-11,34-35H,(H,36,37,38)(H,39,40,41)(H,42,43,44)(H2,27,28,29,30,31). The molecule has 4 aromatic carbocycles. The molecule has 47 heavy (non-hydrogen) atoms. The van der Waals surface area contributed by atoms with E-state index in [2.05, 4.69) is 35.8 Å². The number of phenolic OH excluding ortho intramolecular Hbond substituents is 2. The molecule has 22 heteroatoms. The topological polar surface area (TPSA) is 291 Å². The van der Waals surface area contributed by atoms with E-state index >= 15 is 0 Å². The normalized spacial score (nSPS) is 12.4. The Labute approximate surface area is 269 Å². The molecule has 0 spiro atoms. The number of anilines is 4. The third-order valence-corrected chi connectivity index (χ3v) is 8.82. The fourth-order valence-electron chi connectivity index (χ4n) is 4.02. The molecular formula is C25H18ClN7O11S3. The number of nitrogens with zero attached hydrogens (tertiary/aromatic N) is 5. The highest BCUT2D eigenvalue weighted by atomic mass is 35.5. The summed E-state index contributed by atoms with van der Waals surface area (Å²) >= 11 is 6.02. The van der Waals surface area contributed by atoms with Gasteiger partial charge in [0.25, 0.3) is 30.4 Å². The van der Waals surface area contributed by atoms with E-state index in [1.807, 2.05) is 0 Å². The zero-order valence-corrected chi connectivity index (χ0v) is 26.1. The van der Waals surface area contributed by atoms with Crippen molar-refractivity contribution in [3.05, 3.63) is 72.0 Å². The van der Waals surface area contributed by atoms with E-state index in [0.29, 0.717) is 0 Å². The molecule has 0 aliphatic carbocycles. The molecule has 0 aliphatic rings. The highest BCUT2D eigenvalue weighted by Gasteiger charge is 2.23. The second kappa shape index (κ2) is 12.3. The van der Waals surface area contributed by atoms with Crippen LogP contribution in [0.4, 0.5) is 34.6 Å². The summed E-state index contributed by atoms with van der Waals surface area (Å²) in [7, 11) is -14.3. The maximum absolute atomic E-state index is 12.3. The van der Waals surface area contributed by atoms with Gasteiger partial charge in [-0.05, 0) is 77.7 Å². The van der Waals surface area contributed by atoms with Crippen LogP contribution in [0.15, 0.2) is 91.6 Å². The summed E-state index contributed by atoms with van der Waals surface area (Å²) in [5.41, 5.74) is -0.866. The minimum Gasteiger partial charge on any atom is -0.506 e. The van der Waals surface area contributed by atoms with E-state index in [-0.39, 0.29) is 44.2 Å². The molecule has 0 saturated heterocycles. The van der Waals surface area contributed by atoms with Crippen molar-refractivity contribution in [2.75, 3.05) is 10.6 Å². The number of azo groups is 1. The Morgan fingerprint density at radius 3 is 1.89 bits per heavy atom. The van der Waals surface area contributed by atoms with Gasteiger partial charge in [-0.3, -0.25) is 13.7 Å². The Morgan fingerprint density at radius 1 is 0.660 bits per heavy atom. The lowest BCUT2D eigenvalue weighted by Gasteiger charge is -2.12. The van der Waals surface area contributed by atoms with Crippen LogP contribution in [-0.2, 0) is 30.4 Å². The van der Waals surface area contributed by atoms with Crippen LogP contribution in [0.1, 0.15) is 0 Å². The third-order valence-electron chi connectivity index (χ3n) is 6.08. The Morgan fingerprint density at radius 2 is 1.28 bits per heavy atom. The number of fused-ring (bicyclic) bond motifs is 1. The molecule has 0 aliphatic heterocycles. The predicted molar refractivity (Wildman–Crippen MR) is 165 cm³/mol. The van der Waals surface area contributed by atoms with Gasteiger partial charge in [0.2, 0.25) is 17.2 Å². The maximum Gasteiger partial charge on any atom is 0.296 e. The van der Waals surface area contributed by atoms with Gasteiger partial charge in [-0.25, -0.2) is 0 Å². The Balaban J connectivity index is 1.50. The Bertz CT molecular complexity index is 2450. The lowest BCUT2D eigenvalue weighted by Crippen LogP contribution is -2.05. The molecule has 0 fully saturated rings. The molecule has 0 radical (unpaired) electrons. The number of nitrogens with one attached hydrogen (secondary N) is 2. The van der Waals surface area contributed by atoms with Crippen molar-refractivity contribution in [2.24, 2.45) is 10.2 Å². The molecule has 7 N–H and O–H groups in total. The van der Waals surface area contributed by atoms with Gasteiger partial charge in [0.1, 0.15) is 22.0 Å². The first-order valence-electron chi connectivity index (χ1n) is 12.4. The van der Waals surface area contributed by atoms with Crippen LogP contribution in [0, 0.1) is 0 Å². The second-order valence-corrected chi connectivity index (χ2v) is 13.9. The van der Waals surface area contributed by atoms with Crippen LogP contribution in [0.2, 0.25) is 5.28 Å². The number of hydrogen-bond donors (Lipinski definition) is 7. The SMILES string of the molecule is O=S(=O)(O)c1cccc(Nc2nc(Cl)nc(Nc3ccc4c(O)c(N=Nc5cc(S(=O)(=O)O)ccc5O)c(S(=O)(=O)O)cc4c3)n2)c1. The van der Waals surface area contributed by atoms with Crippen molar-refractivity contribution in [3.63, 3.8) is 0 Å². The van der Waals surface area contributed by atoms with Crippen molar-refractivity contribution in [1.29, 1.82) is 0 Å². The van der Waals surface area contributed by atoms with Gasteiger partial charge >= 0.3 is 0 Å². The van der Waals surface area contributed by atoms with Crippen LogP contribution in [0.5, 0.6) is 11.5 Å². The molecule has 244 valence electrons. The van der Waals surface area contributed by atoms with Gasteiger partial charge in [-0.1, -0.05) is 6.07 Å². The molecular weight excluding hydrogens is 706 g/mol. The number of rotatable bonds is 9. The van der Waals surface area contributed by atoms with Gasteiger partial charge in [0.15, 0.2) is 5.75 Å². The summed E-state index contributed by atoms with van der Waals surface area (Å²) in [6.45, 7) is 0. The molecule has 5 aromatic rings. The summed E-state index contributed by atoms with van der Waals surface area (Å²) < 4.78 is 98.7. The highest BCUT2D eigenvalue weighted by molar-refractivity contribution is 7.86. The summed E-state index contributed by atoms with van der Waals surface area (Å²) in [5.74, 6) is -1.63. The first-order chi connectivity index (χ1) is 21.9. The first kappa shape index (κ1) is 33.3. The quantitative estimate of drug-likeness (QED) is 0.0798. The van der Waals surface area contributed by atoms with E-state index in [0.717, 1.165) is 30.3 Å². The molecule has 0 unspecified atom stereocenters. The van der Waals surface area contributed by atoms with E-state index < -0.39 is 63.0 Å². The van der Waals surface area contributed by atoms with Crippen LogP contribution >= 0.6 is 11.6 Å². The van der Waals surface area contributed by atoms with Crippen molar-refractivity contribution >= 4 is 87.4 Å². The van der Waals surface area contributed by atoms with E-state index in [9.17, 15) is 49.1 Å². The molecule has 5 rings (SSSR count). The average Bonchev–Trinajstić information content (AvgIpc) is 2.95. The molecule has 0 bridgehead atoms. The summed E-state index contributed by atoms with van der Waals surface area (Å²) in [5, 5.41) is 33.5. The monoisotopic (exact) mass is 723 g/mol. The molecule has 0 atom stereocenters. The van der Waals surface area contributed by atoms with E-state index in [4.69, 9.17) is 11.6 Å². The number of halogens is 1.